The third-order valence-electron chi connectivity index (χ3n) is 5.82. The maximum atomic E-state index is 13.9. The molecule has 1 aromatic heterocycles. The second kappa shape index (κ2) is 7.83. The Hall–Kier alpha value is -2.54. The second-order valence-corrected chi connectivity index (χ2v) is 8.86. The highest BCUT2D eigenvalue weighted by atomic mass is 32.1. The lowest BCUT2D eigenvalue weighted by atomic mass is 9.90. The number of nitrogens with zero attached hydrogens (tertiary/aromatic N) is 2. The molecule has 4 rings (SSSR count). The van der Waals surface area contributed by atoms with Crippen molar-refractivity contribution in [2.75, 3.05) is 0 Å². The normalized spacial score (nSPS) is 23.9. The van der Waals surface area contributed by atoms with Gasteiger partial charge in [-0.3, -0.25) is 4.79 Å². The lowest BCUT2D eigenvalue weighted by molar-refractivity contribution is -0.122. The van der Waals surface area contributed by atoms with Crippen molar-refractivity contribution in [1.29, 1.82) is 10.5 Å². The van der Waals surface area contributed by atoms with E-state index in [2.05, 4.69) is 11.4 Å². The molecule has 2 aliphatic rings. The van der Waals surface area contributed by atoms with Gasteiger partial charge in [-0.15, -0.1) is 11.3 Å². The smallest absolute Gasteiger partial charge is 0.151 e. The van der Waals surface area contributed by atoms with Gasteiger partial charge in [0.25, 0.3) is 0 Å². The molecule has 0 spiro atoms. The van der Waals surface area contributed by atoms with E-state index in [1.165, 1.54) is 23.5 Å². The maximum Gasteiger partial charge on any atom is 0.151 e. The van der Waals surface area contributed by atoms with E-state index in [9.17, 15) is 14.4 Å². The summed E-state index contributed by atoms with van der Waals surface area (Å²) in [5.41, 5.74) is 0.737. The van der Waals surface area contributed by atoms with Crippen molar-refractivity contribution in [1.82, 2.24) is 5.32 Å². The van der Waals surface area contributed by atoms with Crippen LogP contribution >= 0.6 is 11.3 Å². The molecule has 1 saturated carbocycles. The Morgan fingerprint density at radius 1 is 1.29 bits per heavy atom. The Labute approximate surface area is 167 Å². The Balaban J connectivity index is 1.41. The van der Waals surface area contributed by atoms with E-state index in [-0.39, 0.29) is 29.7 Å². The first kappa shape index (κ1) is 18.8. The highest BCUT2D eigenvalue weighted by Crippen LogP contribution is 2.36. The third-order valence-corrected chi connectivity index (χ3v) is 6.98. The quantitative estimate of drug-likeness (QED) is 0.798. The summed E-state index contributed by atoms with van der Waals surface area (Å²) in [6, 6.07) is 12.9. The van der Waals surface area contributed by atoms with Gasteiger partial charge in [0, 0.05) is 22.2 Å². The summed E-state index contributed by atoms with van der Waals surface area (Å²) in [5, 5.41) is 21.8. The summed E-state index contributed by atoms with van der Waals surface area (Å²) in [6.07, 6.45) is 4.15. The van der Waals surface area contributed by atoms with Crippen molar-refractivity contribution in [2.24, 2.45) is 11.8 Å². The number of benzene rings is 1. The van der Waals surface area contributed by atoms with E-state index in [1.807, 2.05) is 18.2 Å². The summed E-state index contributed by atoms with van der Waals surface area (Å²) in [6.45, 7) is 0. The molecule has 2 bridgehead atoms. The Bertz CT molecular complexity index is 986. The first-order valence-corrected chi connectivity index (χ1v) is 10.4. The van der Waals surface area contributed by atoms with E-state index in [4.69, 9.17) is 5.26 Å². The van der Waals surface area contributed by atoms with Crippen molar-refractivity contribution < 1.29 is 9.18 Å². The highest BCUT2D eigenvalue weighted by Gasteiger charge is 2.42. The van der Waals surface area contributed by atoms with Crippen LogP contribution in [-0.4, -0.2) is 17.9 Å². The van der Waals surface area contributed by atoms with Crippen LogP contribution in [0.15, 0.2) is 30.3 Å². The van der Waals surface area contributed by atoms with Crippen LogP contribution in [0, 0.1) is 40.3 Å². The minimum atomic E-state index is -0.534. The fraction of sp³-hybridized carbons (Fsp3) is 0.409. The first-order chi connectivity index (χ1) is 13.6. The molecule has 1 aliphatic carbocycles. The lowest BCUT2D eigenvalue weighted by Crippen LogP contribution is -2.42. The van der Waals surface area contributed by atoms with Crippen molar-refractivity contribution in [3.63, 3.8) is 0 Å². The fourth-order valence-electron chi connectivity index (χ4n) is 4.39. The van der Waals surface area contributed by atoms with Gasteiger partial charge in [-0.25, -0.2) is 4.39 Å². The molecule has 1 N–H and O–H groups in total. The number of nitriles is 2. The lowest BCUT2D eigenvalue weighted by Gasteiger charge is -2.22. The number of nitrogens with one attached hydrogen (secondary N) is 1. The number of rotatable bonds is 6. The highest BCUT2D eigenvalue weighted by molar-refractivity contribution is 7.15. The second-order valence-electron chi connectivity index (χ2n) is 7.69. The van der Waals surface area contributed by atoms with Crippen LogP contribution in [0.1, 0.15) is 36.1 Å². The van der Waals surface area contributed by atoms with Crippen molar-refractivity contribution in [3.8, 4) is 22.6 Å². The average molecular weight is 393 g/mol. The van der Waals surface area contributed by atoms with Gasteiger partial charge in [-0.05, 0) is 61.4 Å². The summed E-state index contributed by atoms with van der Waals surface area (Å²) < 4.78 is 13.9. The number of piperidine rings is 1. The number of carbonyl (C=O) groups excluding carboxylic acids is 1. The van der Waals surface area contributed by atoms with Crippen molar-refractivity contribution in [3.05, 3.63) is 46.6 Å². The average Bonchev–Trinajstić information content (AvgIpc) is 3.44. The topological polar surface area (TPSA) is 76.7 Å². The molecule has 2 heterocycles. The Morgan fingerprint density at radius 3 is 2.79 bits per heavy atom. The zero-order valence-corrected chi connectivity index (χ0v) is 16.1. The molecule has 2 fully saturated rings. The molecule has 0 amide bonds. The monoisotopic (exact) mass is 393 g/mol. The first-order valence-electron chi connectivity index (χ1n) is 9.54. The molecule has 1 aliphatic heterocycles. The number of hydrogen-bond donors (Lipinski definition) is 1. The van der Waals surface area contributed by atoms with E-state index in [1.54, 1.807) is 6.07 Å². The fourth-order valence-corrected chi connectivity index (χ4v) is 5.48. The van der Waals surface area contributed by atoms with Crippen LogP contribution in [0.4, 0.5) is 4.39 Å². The molecule has 1 aromatic carbocycles. The van der Waals surface area contributed by atoms with Gasteiger partial charge < -0.3 is 5.32 Å². The number of thiophene rings is 1. The van der Waals surface area contributed by atoms with Gasteiger partial charge in [0.1, 0.15) is 11.9 Å². The SMILES string of the molecule is N#Cc1ccc(-c2ccc(C[C@@H](C#N)CC(=O)[C@H]3N[C@@H]4CC[C@H]3C4)s2)cc1F. The van der Waals surface area contributed by atoms with Crippen LogP contribution in [0.25, 0.3) is 10.4 Å². The summed E-state index contributed by atoms with van der Waals surface area (Å²) in [7, 11) is 0. The molecule has 0 radical (unpaired) electrons. The van der Waals surface area contributed by atoms with Crippen LogP contribution in [-0.2, 0) is 11.2 Å². The number of ketones is 1. The van der Waals surface area contributed by atoms with Gasteiger partial charge in [0.15, 0.2) is 5.78 Å². The molecule has 0 unspecified atom stereocenters. The van der Waals surface area contributed by atoms with Crippen molar-refractivity contribution in [2.45, 2.75) is 44.2 Å². The van der Waals surface area contributed by atoms with Crippen molar-refractivity contribution >= 4 is 17.1 Å². The molecule has 28 heavy (non-hydrogen) atoms. The zero-order valence-electron chi connectivity index (χ0n) is 15.3. The molecule has 1 saturated heterocycles. The van der Waals surface area contributed by atoms with E-state index < -0.39 is 5.82 Å². The van der Waals surface area contributed by atoms with E-state index in [0.29, 0.717) is 23.9 Å². The Morgan fingerprint density at radius 2 is 2.14 bits per heavy atom. The summed E-state index contributed by atoms with van der Waals surface area (Å²) >= 11 is 1.50. The number of carbonyl (C=O) groups is 1. The minimum Gasteiger partial charge on any atom is -0.304 e. The third kappa shape index (κ3) is 3.71. The number of fused-ring (bicyclic) bond motifs is 2. The molecule has 142 valence electrons. The van der Waals surface area contributed by atoms with Crippen LogP contribution in [0.3, 0.4) is 0 Å². The van der Waals surface area contributed by atoms with Gasteiger partial charge >= 0.3 is 0 Å². The number of hydrogen-bond acceptors (Lipinski definition) is 5. The standard InChI is InChI=1S/C22H20FN3OS/c23-19-10-14(1-2-16(19)12-25)21-6-5-18(28-21)7-13(11-24)8-20(27)22-15-3-4-17(9-15)26-22/h1-2,5-6,10,13,15,17,22,26H,3-4,7-9H2/t13-,15+,17-,22+/m1/s1. The molecule has 4 nitrogen and oxygen atoms in total. The molecule has 2 aromatic rings. The number of halogens is 1. The molecule has 6 heteroatoms. The molecular formula is C22H20FN3OS. The molecular weight excluding hydrogens is 373 g/mol. The van der Waals surface area contributed by atoms with E-state index in [0.717, 1.165) is 29.0 Å². The predicted octanol–water partition coefficient (Wildman–Crippen LogP) is 4.21. The number of Topliss-reactive ketones (excluding diaryl/α,β-unsaturated/α-hetero) is 1. The predicted molar refractivity (Wildman–Crippen MR) is 105 cm³/mol. The zero-order chi connectivity index (χ0) is 19.7. The minimum absolute atomic E-state index is 0.0258. The summed E-state index contributed by atoms with van der Waals surface area (Å²) in [5.74, 6) is -0.285. The summed E-state index contributed by atoms with van der Waals surface area (Å²) in [4.78, 5) is 14.5. The van der Waals surface area contributed by atoms with Gasteiger partial charge in [0.05, 0.1) is 23.6 Å². The molecule has 4 atom stereocenters. The largest absolute Gasteiger partial charge is 0.304 e. The van der Waals surface area contributed by atoms with Crippen LogP contribution in [0.2, 0.25) is 0 Å². The Kier molecular flexibility index (Phi) is 5.26. The van der Waals surface area contributed by atoms with Gasteiger partial charge in [-0.1, -0.05) is 6.07 Å². The van der Waals surface area contributed by atoms with Crippen LogP contribution in [0.5, 0.6) is 0 Å². The van der Waals surface area contributed by atoms with Crippen LogP contribution < -0.4 is 5.32 Å². The van der Waals surface area contributed by atoms with Gasteiger partial charge in [-0.2, -0.15) is 10.5 Å². The maximum absolute atomic E-state index is 13.9. The van der Waals surface area contributed by atoms with Gasteiger partial charge in [0.2, 0.25) is 0 Å². The van der Waals surface area contributed by atoms with E-state index >= 15 is 0 Å².